The van der Waals surface area contributed by atoms with Crippen molar-refractivity contribution >= 4 is 5.91 Å². The van der Waals surface area contributed by atoms with Crippen molar-refractivity contribution in [2.45, 2.75) is 69.9 Å². The van der Waals surface area contributed by atoms with Crippen LogP contribution in [0.25, 0.3) is 0 Å². The van der Waals surface area contributed by atoms with E-state index in [4.69, 9.17) is 4.42 Å². The fraction of sp³-hybridized carbons (Fsp3) is 0.500. The van der Waals surface area contributed by atoms with Crippen molar-refractivity contribution in [3.63, 3.8) is 0 Å². The largest absolute Gasteiger partial charge is 0.427 e. The van der Waals surface area contributed by atoms with Crippen molar-refractivity contribution in [3.8, 4) is 0 Å². The van der Waals surface area contributed by atoms with Gasteiger partial charge in [0.2, 0.25) is 0 Å². The van der Waals surface area contributed by atoms with E-state index in [2.05, 4.69) is 12.1 Å². The molecule has 154 valence electrons. The summed E-state index contributed by atoms with van der Waals surface area (Å²) >= 11 is 0. The van der Waals surface area contributed by atoms with Gasteiger partial charge in [-0.05, 0) is 69.1 Å². The first-order valence-electron chi connectivity index (χ1n) is 10.7. The highest BCUT2D eigenvalue weighted by Gasteiger charge is 2.51. The second-order valence-corrected chi connectivity index (χ2v) is 8.47. The lowest BCUT2D eigenvalue weighted by atomic mass is 9.91. The Kier molecular flexibility index (Phi) is 5.59. The molecular formula is C24H29NO4. The fourth-order valence-electron chi connectivity index (χ4n) is 5.15. The Morgan fingerprint density at radius 2 is 1.97 bits per heavy atom. The highest BCUT2D eigenvalue weighted by atomic mass is 16.4. The second kappa shape index (κ2) is 8.15. The van der Waals surface area contributed by atoms with Crippen molar-refractivity contribution in [2.24, 2.45) is 0 Å². The average Bonchev–Trinajstić information content (AvgIpc) is 3.29. The number of nitrogens with zero attached hydrogens (tertiary/aromatic N) is 1. The molecule has 1 aromatic carbocycles. The number of aliphatic hydroxyl groups excluding tert-OH is 1. The molecule has 0 unspecified atom stereocenters. The molecule has 1 aromatic heterocycles. The highest BCUT2D eigenvalue weighted by molar-refractivity contribution is 5.96. The Bertz CT molecular complexity index is 932. The van der Waals surface area contributed by atoms with E-state index in [-0.39, 0.29) is 11.5 Å². The van der Waals surface area contributed by atoms with Gasteiger partial charge < -0.3 is 14.4 Å². The van der Waals surface area contributed by atoms with E-state index in [1.54, 1.807) is 11.8 Å². The van der Waals surface area contributed by atoms with Gasteiger partial charge in [-0.1, -0.05) is 30.3 Å². The minimum absolute atomic E-state index is 0.122. The summed E-state index contributed by atoms with van der Waals surface area (Å²) in [5, 5.41) is 10.5. The van der Waals surface area contributed by atoms with Crippen LogP contribution in [0.2, 0.25) is 0 Å². The Hall–Kier alpha value is -2.40. The molecule has 1 saturated carbocycles. The molecule has 2 aromatic rings. The molecular weight excluding hydrogens is 366 g/mol. The lowest BCUT2D eigenvalue weighted by molar-refractivity contribution is 0.0147. The minimum Gasteiger partial charge on any atom is -0.427 e. The first-order chi connectivity index (χ1) is 14.0. The highest BCUT2D eigenvalue weighted by Crippen LogP contribution is 2.43. The van der Waals surface area contributed by atoms with Crippen LogP contribution in [0.5, 0.6) is 0 Å². The van der Waals surface area contributed by atoms with Gasteiger partial charge in [0, 0.05) is 13.0 Å². The normalized spacial score (nSPS) is 23.8. The van der Waals surface area contributed by atoms with Gasteiger partial charge in [-0.3, -0.25) is 4.79 Å². The number of aryl methyl sites for hydroxylation is 3. The molecule has 1 aliphatic heterocycles. The molecule has 1 spiro atoms. The zero-order chi connectivity index (χ0) is 20.4. The van der Waals surface area contributed by atoms with Crippen LogP contribution >= 0.6 is 0 Å². The van der Waals surface area contributed by atoms with Crippen molar-refractivity contribution < 1.29 is 14.3 Å². The lowest BCUT2D eigenvalue weighted by Crippen LogP contribution is -2.53. The van der Waals surface area contributed by atoms with Gasteiger partial charge in [-0.25, -0.2) is 4.79 Å². The number of carbonyl (C=O) groups excluding carboxylic acids is 1. The Balaban J connectivity index is 1.50. The number of hydrogen-bond acceptors (Lipinski definition) is 4. The number of amides is 1. The summed E-state index contributed by atoms with van der Waals surface area (Å²) in [5.41, 5.74) is 0.990. The van der Waals surface area contributed by atoms with Crippen LogP contribution in [0, 0.1) is 6.92 Å². The second-order valence-electron chi connectivity index (χ2n) is 8.47. The maximum atomic E-state index is 13.3. The van der Waals surface area contributed by atoms with Crippen molar-refractivity contribution in [1.82, 2.24) is 4.90 Å². The van der Waals surface area contributed by atoms with E-state index in [0.29, 0.717) is 24.3 Å². The summed E-state index contributed by atoms with van der Waals surface area (Å²) in [5.74, 6) is 0.336. The van der Waals surface area contributed by atoms with E-state index in [9.17, 15) is 14.7 Å². The third-order valence-electron chi connectivity index (χ3n) is 6.63. The minimum atomic E-state index is -0.556. The predicted molar refractivity (Wildman–Crippen MR) is 111 cm³/mol. The first-order valence-corrected chi connectivity index (χ1v) is 10.7. The molecule has 1 saturated heterocycles. The maximum absolute atomic E-state index is 13.3. The molecule has 0 bridgehead atoms. The molecule has 0 radical (unpaired) electrons. The van der Waals surface area contributed by atoms with Gasteiger partial charge in [0.1, 0.15) is 11.3 Å². The number of aliphatic hydroxyl groups is 1. The van der Waals surface area contributed by atoms with E-state index in [1.807, 2.05) is 24.3 Å². The Labute approximate surface area is 171 Å². The number of benzene rings is 1. The van der Waals surface area contributed by atoms with Crippen LogP contribution in [-0.2, 0) is 12.8 Å². The summed E-state index contributed by atoms with van der Waals surface area (Å²) in [4.78, 5) is 27.7. The van der Waals surface area contributed by atoms with Crippen LogP contribution in [0.4, 0.5) is 0 Å². The van der Waals surface area contributed by atoms with Crippen molar-refractivity contribution in [2.75, 3.05) is 6.54 Å². The number of carbonyl (C=O) groups is 1. The Morgan fingerprint density at radius 3 is 2.66 bits per heavy atom. The zero-order valence-electron chi connectivity index (χ0n) is 17.0. The van der Waals surface area contributed by atoms with Gasteiger partial charge in [0.05, 0.1) is 11.6 Å². The number of likely N-dealkylation sites (tertiary alicyclic amines) is 1. The van der Waals surface area contributed by atoms with Gasteiger partial charge in [0.25, 0.3) is 5.91 Å². The summed E-state index contributed by atoms with van der Waals surface area (Å²) in [6.45, 7) is 2.40. The standard InChI is InChI=1S/C24H29NO4/c1-17-16-19(11-5-10-18-8-3-2-4-9-18)29-23(28)21(17)22(27)25-15-7-14-24(25)13-6-12-20(24)26/h2-4,8-9,16,20,26H,5-7,10-15H2,1H3/t20-,24-/m1/s1. The summed E-state index contributed by atoms with van der Waals surface area (Å²) in [7, 11) is 0. The molecule has 5 heteroatoms. The molecule has 2 atom stereocenters. The van der Waals surface area contributed by atoms with Crippen LogP contribution < -0.4 is 5.63 Å². The van der Waals surface area contributed by atoms with Crippen LogP contribution in [0.3, 0.4) is 0 Å². The fourth-order valence-corrected chi connectivity index (χ4v) is 5.15. The van der Waals surface area contributed by atoms with E-state index in [0.717, 1.165) is 44.9 Å². The Morgan fingerprint density at radius 1 is 1.21 bits per heavy atom. The maximum Gasteiger partial charge on any atom is 0.349 e. The van der Waals surface area contributed by atoms with Crippen LogP contribution in [0.1, 0.15) is 65.8 Å². The van der Waals surface area contributed by atoms with E-state index >= 15 is 0 Å². The lowest BCUT2D eigenvalue weighted by Gasteiger charge is -2.38. The topological polar surface area (TPSA) is 70.8 Å². The molecule has 1 aliphatic carbocycles. The van der Waals surface area contributed by atoms with Crippen molar-refractivity contribution in [1.29, 1.82) is 0 Å². The van der Waals surface area contributed by atoms with E-state index < -0.39 is 17.3 Å². The number of rotatable bonds is 5. The molecule has 1 N–H and O–H groups in total. The van der Waals surface area contributed by atoms with Crippen LogP contribution in [0.15, 0.2) is 45.6 Å². The van der Waals surface area contributed by atoms with E-state index in [1.165, 1.54) is 5.56 Å². The molecule has 2 fully saturated rings. The van der Waals surface area contributed by atoms with Gasteiger partial charge in [-0.15, -0.1) is 0 Å². The molecule has 2 heterocycles. The molecule has 1 amide bonds. The molecule has 5 nitrogen and oxygen atoms in total. The predicted octanol–water partition coefficient (Wildman–Crippen LogP) is 3.64. The first kappa shape index (κ1) is 19.9. The van der Waals surface area contributed by atoms with Crippen molar-refractivity contribution in [3.05, 3.63) is 69.3 Å². The SMILES string of the molecule is Cc1cc(CCCc2ccccc2)oc(=O)c1C(=O)N1CCC[C@@]12CCC[C@H]2O. The third-order valence-corrected chi connectivity index (χ3v) is 6.63. The number of hydrogen-bond donors (Lipinski definition) is 1. The zero-order valence-corrected chi connectivity index (χ0v) is 17.0. The van der Waals surface area contributed by atoms with Gasteiger partial charge in [0.15, 0.2) is 0 Å². The third kappa shape index (κ3) is 3.76. The summed E-state index contributed by atoms with van der Waals surface area (Å²) in [6.07, 6.45) is 6.06. The quantitative estimate of drug-likeness (QED) is 0.839. The summed E-state index contributed by atoms with van der Waals surface area (Å²) in [6, 6.07) is 12.0. The molecule has 2 aliphatic rings. The molecule has 29 heavy (non-hydrogen) atoms. The monoisotopic (exact) mass is 395 g/mol. The van der Waals surface area contributed by atoms with Gasteiger partial charge in [-0.2, -0.15) is 0 Å². The van der Waals surface area contributed by atoms with Crippen LogP contribution in [-0.4, -0.2) is 34.1 Å². The average molecular weight is 395 g/mol. The summed E-state index contributed by atoms with van der Waals surface area (Å²) < 4.78 is 5.52. The smallest absolute Gasteiger partial charge is 0.349 e. The van der Waals surface area contributed by atoms with Gasteiger partial charge >= 0.3 is 5.63 Å². The molecule has 4 rings (SSSR count).